The number of aromatic nitrogens is 2. The Morgan fingerprint density at radius 1 is 1.20 bits per heavy atom. The third-order valence-electron chi connectivity index (χ3n) is 5.20. The second-order valence-corrected chi connectivity index (χ2v) is 7.32. The monoisotopic (exact) mass is 400 g/mol. The lowest BCUT2D eigenvalue weighted by molar-refractivity contribution is -0.121. The van der Waals surface area contributed by atoms with E-state index in [2.05, 4.69) is 52.3 Å². The number of hydrogen-bond acceptors (Lipinski definition) is 4. The molecule has 0 fully saturated rings. The van der Waals surface area contributed by atoms with Gasteiger partial charge in [0.05, 0.1) is 13.3 Å². The first-order valence-corrected chi connectivity index (χ1v) is 9.86. The molecule has 0 aliphatic rings. The second kappa shape index (κ2) is 8.37. The van der Waals surface area contributed by atoms with Crippen molar-refractivity contribution in [3.05, 3.63) is 71.5 Å². The number of methoxy groups -OCH3 is 1. The summed E-state index contributed by atoms with van der Waals surface area (Å²) in [6.07, 6.45) is 5.80. The fraction of sp³-hybridized carbons (Fsp3) is 0.208. The van der Waals surface area contributed by atoms with Gasteiger partial charge in [-0.15, -0.1) is 0 Å². The molecule has 30 heavy (non-hydrogen) atoms. The van der Waals surface area contributed by atoms with Crippen molar-refractivity contribution in [2.24, 2.45) is 5.10 Å². The van der Waals surface area contributed by atoms with E-state index in [-0.39, 0.29) is 5.91 Å². The zero-order valence-electron chi connectivity index (χ0n) is 17.3. The maximum Gasteiger partial charge on any atom is 0.241 e. The lowest BCUT2D eigenvalue weighted by Gasteiger charge is -2.06. The van der Waals surface area contributed by atoms with Crippen LogP contribution in [-0.2, 0) is 11.3 Å². The smallest absolute Gasteiger partial charge is 0.241 e. The lowest BCUT2D eigenvalue weighted by Crippen LogP contribution is -2.19. The average Bonchev–Trinajstić information content (AvgIpc) is 3.08. The van der Waals surface area contributed by atoms with E-state index < -0.39 is 0 Å². The van der Waals surface area contributed by atoms with Crippen LogP contribution in [0.1, 0.15) is 23.1 Å². The Morgan fingerprint density at radius 3 is 2.90 bits per heavy atom. The highest BCUT2D eigenvalue weighted by Crippen LogP contribution is 2.25. The second-order valence-electron chi connectivity index (χ2n) is 7.32. The molecule has 0 saturated carbocycles. The summed E-state index contributed by atoms with van der Waals surface area (Å²) in [4.78, 5) is 16.6. The highest BCUT2D eigenvalue weighted by molar-refractivity contribution is 5.93. The van der Waals surface area contributed by atoms with Gasteiger partial charge in [0.1, 0.15) is 11.3 Å². The molecule has 0 aliphatic heterocycles. The number of carbonyl (C=O) groups is 1. The molecule has 6 nitrogen and oxygen atoms in total. The topological polar surface area (TPSA) is 68.5 Å². The molecule has 6 heteroatoms. The van der Waals surface area contributed by atoms with Crippen LogP contribution in [0.15, 0.2) is 60.0 Å². The van der Waals surface area contributed by atoms with E-state index in [0.717, 1.165) is 22.0 Å². The normalized spacial score (nSPS) is 11.4. The number of nitrogens with zero attached hydrogens (tertiary/aromatic N) is 3. The van der Waals surface area contributed by atoms with Crippen LogP contribution in [0.2, 0.25) is 0 Å². The van der Waals surface area contributed by atoms with Crippen molar-refractivity contribution in [2.45, 2.75) is 26.8 Å². The number of ether oxygens (including phenoxy) is 1. The van der Waals surface area contributed by atoms with Crippen molar-refractivity contribution < 1.29 is 9.53 Å². The third kappa shape index (κ3) is 3.89. The largest absolute Gasteiger partial charge is 0.494 e. The molecule has 4 rings (SSSR count). The summed E-state index contributed by atoms with van der Waals surface area (Å²) in [6, 6.07) is 13.9. The van der Waals surface area contributed by atoms with Gasteiger partial charge in [0.15, 0.2) is 0 Å². The van der Waals surface area contributed by atoms with Gasteiger partial charge >= 0.3 is 0 Å². The first kappa shape index (κ1) is 19.6. The number of fused-ring (bicyclic) bond motifs is 2. The third-order valence-corrected chi connectivity index (χ3v) is 5.20. The maximum atomic E-state index is 12.3. The van der Waals surface area contributed by atoms with Gasteiger partial charge in [-0.1, -0.05) is 18.2 Å². The van der Waals surface area contributed by atoms with Gasteiger partial charge in [0.25, 0.3) is 0 Å². The maximum absolute atomic E-state index is 12.3. The summed E-state index contributed by atoms with van der Waals surface area (Å²) in [5.74, 6) is 0.541. The number of hydrogen-bond donors (Lipinski definition) is 1. The van der Waals surface area contributed by atoms with Crippen LogP contribution in [0, 0.1) is 13.8 Å². The molecular formula is C24H24N4O2. The van der Waals surface area contributed by atoms with Crippen LogP contribution in [0.25, 0.3) is 21.8 Å². The molecule has 152 valence electrons. The van der Waals surface area contributed by atoms with Crippen LogP contribution in [-0.4, -0.2) is 28.8 Å². The van der Waals surface area contributed by atoms with Crippen molar-refractivity contribution in [3.8, 4) is 5.75 Å². The molecule has 0 radical (unpaired) electrons. The van der Waals surface area contributed by atoms with Gasteiger partial charge in [0, 0.05) is 41.6 Å². The SMILES string of the molecule is COc1cc(/C=N\NC(=O)CCn2cc(C)c3c(C)cccc32)cc2cccnc12. The van der Waals surface area contributed by atoms with Gasteiger partial charge in [0.2, 0.25) is 5.91 Å². The van der Waals surface area contributed by atoms with Crippen LogP contribution < -0.4 is 10.2 Å². The van der Waals surface area contributed by atoms with Crippen molar-refractivity contribution >= 4 is 33.9 Å². The summed E-state index contributed by atoms with van der Waals surface area (Å²) in [5, 5.41) is 6.32. The Labute approximate surface area is 175 Å². The number of aryl methyl sites for hydroxylation is 3. The van der Waals surface area contributed by atoms with E-state index in [1.807, 2.05) is 30.3 Å². The summed E-state index contributed by atoms with van der Waals surface area (Å²) in [5.41, 5.74) is 7.87. The predicted molar refractivity (Wildman–Crippen MR) is 120 cm³/mol. The molecule has 1 amide bonds. The van der Waals surface area contributed by atoms with E-state index >= 15 is 0 Å². The van der Waals surface area contributed by atoms with E-state index in [0.29, 0.717) is 18.7 Å². The van der Waals surface area contributed by atoms with Crippen molar-refractivity contribution in [3.63, 3.8) is 0 Å². The van der Waals surface area contributed by atoms with Crippen LogP contribution in [0.3, 0.4) is 0 Å². The first-order chi connectivity index (χ1) is 14.6. The molecule has 0 unspecified atom stereocenters. The van der Waals surface area contributed by atoms with E-state index in [9.17, 15) is 4.79 Å². The fourth-order valence-corrected chi connectivity index (χ4v) is 3.83. The Morgan fingerprint density at radius 2 is 2.07 bits per heavy atom. The van der Waals surface area contributed by atoms with Crippen molar-refractivity contribution in [2.75, 3.05) is 7.11 Å². The van der Waals surface area contributed by atoms with Gasteiger partial charge in [-0.25, -0.2) is 5.43 Å². The number of nitrogens with one attached hydrogen (secondary N) is 1. The Kier molecular flexibility index (Phi) is 5.48. The molecule has 0 bridgehead atoms. The zero-order chi connectivity index (χ0) is 21.1. The zero-order valence-corrected chi connectivity index (χ0v) is 17.3. The molecule has 4 aromatic rings. The molecule has 2 heterocycles. The van der Waals surface area contributed by atoms with Crippen LogP contribution in [0.5, 0.6) is 5.75 Å². The minimum atomic E-state index is -0.132. The highest BCUT2D eigenvalue weighted by Gasteiger charge is 2.09. The molecule has 0 atom stereocenters. The fourth-order valence-electron chi connectivity index (χ4n) is 3.83. The molecular weight excluding hydrogens is 376 g/mol. The van der Waals surface area contributed by atoms with Gasteiger partial charge in [-0.05, 0) is 54.8 Å². The quantitative estimate of drug-likeness (QED) is 0.386. The van der Waals surface area contributed by atoms with Gasteiger partial charge < -0.3 is 9.30 Å². The minimum absolute atomic E-state index is 0.132. The number of rotatable bonds is 6. The van der Waals surface area contributed by atoms with E-state index in [4.69, 9.17) is 4.74 Å². The molecule has 2 aromatic carbocycles. The number of hydrazone groups is 1. The highest BCUT2D eigenvalue weighted by atomic mass is 16.5. The Balaban J connectivity index is 1.41. The molecule has 1 N–H and O–H groups in total. The standard InChI is InChI=1S/C24H24N4O2/c1-16-6-4-8-20-23(16)17(2)15-28(20)11-9-22(29)27-26-14-18-12-19-7-5-10-25-24(19)21(13-18)30-3/h4-8,10,12-15H,9,11H2,1-3H3,(H,27,29)/b26-14-. The van der Waals surface area contributed by atoms with E-state index in [1.54, 1.807) is 19.5 Å². The first-order valence-electron chi connectivity index (χ1n) is 9.86. The van der Waals surface area contributed by atoms with Gasteiger partial charge in [-0.3, -0.25) is 9.78 Å². The summed E-state index contributed by atoms with van der Waals surface area (Å²) < 4.78 is 7.54. The number of pyridine rings is 1. The van der Waals surface area contributed by atoms with Crippen molar-refractivity contribution in [1.82, 2.24) is 15.0 Å². The summed E-state index contributed by atoms with van der Waals surface area (Å²) in [7, 11) is 1.61. The van der Waals surface area contributed by atoms with Crippen molar-refractivity contribution in [1.29, 1.82) is 0 Å². The minimum Gasteiger partial charge on any atom is -0.494 e. The number of carbonyl (C=O) groups excluding carboxylic acids is 1. The summed E-state index contributed by atoms with van der Waals surface area (Å²) >= 11 is 0. The van der Waals surface area contributed by atoms with Gasteiger partial charge in [-0.2, -0.15) is 5.10 Å². The van der Waals surface area contributed by atoms with Crippen LogP contribution in [0.4, 0.5) is 0 Å². The lowest BCUT2D eigenvalue weighted by atomic mass is 10.1. The molecule has 0 spiro atoms. The number of amides is 1. The Hall–Kier alpha value is -3.67. The predicted octanol–water partition coefficient (Wildman–Crippen LogP) is 4.36. The Bertz CT molecular complexity index is 1260. The van der Waals surface area contributed by atoms with Crippen LogP contribution >= 0.6 is 0 Å². The molecule has 0 aliphatic carbocycles. The summed E-state index contributed by atoms with van der Waals surface area (Å²) in [6.45, 7) is 4.81. The average molecular weight is 400 g/mol. The molecule has 2 aromatic heterocycles. The van der Waals surface area contributed by atoms with E-state index in [1.165, 1.54) is 16.5 Å². The number of benzene rings is 2. The molecule has 0 saturated heterocycles.